The molecule has 2 aliphatic heterocycles. The Kier molecular flexibility index (Phi) is 6.83. The van der Waals surface area contributed by atoms with Crippen LogP contribution in [0.4, 0.5) is 5.69 Å². The molecule has 0 saturated carbocycles. The van der Waals surface area contributed by atoms with Crippen molar-refractivity contribution in [1.82, 2.24) is 19.4 Å². The first-order chi connectivity index (χ1) is 16.9. The van der Waals surface area contributed by atoms with Crippen LogP contribution in [0.3, 0.4) is 0 Å². The molecule has 0 radical (unpaired) electrons. The third-order valence-electron chi connectivity index (χ3n) is 7.91. The standard InChI is InChI=1S/C29H39N5O/c1-21(2)34-27-12-6-5-11-25(27)30-28(34)20-31-14-8-10-24(19-31)29(35)33-17-15-32(16-18-33)26-13-7-9-22(3)23(26)4/h5-7,9,11-13,21,24H,8,10,14-20H2,1-4H3/t24-/m0/s1. The average molecular weight is 474 g/mol. The molecule has 1 aromatic heterocycles. The molecule has 1 amide bonds. The van der Waals surface area contributed by atoms with E-state index >= 15 is 0 Å². The molecule has 2 aliphatic rings. The van der Waals surface area contributed by atoms with Gasteiger partial charge >= 0.3 is 0 Å². The minimum atomic E-state index is 0.0906. The van der Waals surface area contributed by atoms with E-state index in [0.29, 0.717) is 11.9 Å². The Morgan fingerprint density at radius 1 is 1.00 bits per heavy atom. The lowest BCUT2D eigenvalue weighted by Gasteiger charge is -2.40. The molecule has 35 heavy (non-hydrogen) atoms. The van der Waals surface area contributed by atoms with E-state index in [9.17, 15) is 4.79 Å². The Bertz CT molecular complexity index is 1190. The number of aromatic nitrogens is 2. The second-order valence-electron chi connectivity index (χ2n) is 10.6. The molecule has 0 unspecified atom stereocenters. The first-order valence-corrected chi connectivity index (χ1v) is 13.2. The predicted octanol–water partition coefficient (Wildman–Crippen LogP) is 4.79. The first kappa shape index (κ1) is 23.9. The number of imidazole rings is 1. The maximum Gasteiger partial charge on any atom is 0.227 e. The van der Waals surface area contributed by atoms with Gasteiger partial charge in [0.05, 0.1) is 23.5 Å². The number of hydrogen-bond acceptors (Lipinski definition) is 4. The summed E-state index contributed by atoms with van der Waals surface area (Å²) in [7, 11) is 0. The lowest BCUT2D eigenvalue weighted by atomic mass is 9.96. The molecule has 3 heterocycles. The second kappa shape index (κ2) is 10.0. The zero-order valence-corrected chi connectivity index (χ0v) is 21.7. The minimum absolute atomic E-state index is 0.0906. The number of aryl methyl sites for hydroxylation is 1. The summed E-state index contributed by atoms with van der Waals surface area (Å²) in [5.74, 6) is 1.54. The van der Waals surface area contributed by atoms with Crippen molar-refractivity contribution in [2.45, 2.75) is 53.1 Å². The molecule has 0 spiro atoms. The molecular formula is C29H39N5O. The quantitative estimate of drug-likeness (QED) is 0.534. The third kappa shape index (κ3) is 4.81. The predicted molar refractivity (Wildman–Crippen MR) is 143 cm³/mol. The fourth-order valence-electron chi connectivity index (χ4n) is 5.89. The smallest absolute Gasteiger partial charge is 0.227 e. The molecule has 2 fully saturated rings. The summed E-state index contributed by atoms with van der Waals surface area (Å²) in [6.07, 6.45) is 2.06. The van der Waals surface area contributed by atoms with E-state index in [1.54, 1.807) is 0 Å². The molecule has 3 aromatic rings. The molecular weight excluding hydrogens is 434 g/mol. The largest absolute Gasteiger partial charge is 0.368 e. The summed E-state index contributed by atoms with van der Waals surface area (Å²) in [6.45, 7) is 14.9. The summed E-state index contributed by atoms with van der Waals surface area (Å²) >= 11 is 0. The number of amides is 1. The molecule has 6 heteroatoms. The van der Waals surface area contributed by atoms with Crippen molar-refractivity contribution in [3.05, 3.63) is 59.4 Å². The van der Waals surface area contributed by atoms with Crippen LogP contribution in [-0.4, -0.2) is 64.5 Å². The molecule has 5 rings (SSSR count). The van der Waals surface area contributed by atoms with Gasteiger partial charge in [-0.05, 0) is 76.4 Å². The Morgan fingerprint density at radius 2 is 1.77 bits per heavy atom. The number of rotatable bonds is 5. The van der Waals surface area contributed by atoms with Gasteiger partial charge in [-0.3, -0.25) is 9.69 Å². The van der Waals surface area contributed by atoms with Crippen LogP contribution in [0.5, 0.6) is 0 Å². The monoisotopic (exact) mass is 473 g/mol. The van der Waals surface area contributed by atoms with E-state index in [1.165, 1.54) is 22.3 Å². The van der Waals surface area contributed by atoms with Crippen LogP contribution in [0.25, 0.3) is 11.0 Å². The van der Waals surface area contributed by atoms with Crippen LogP contribution < -0.4 is 4.90 Å². The Hall–Kier alpha value is -2.86. The molecule has 1 atom stereocenters. The number of fused-ring (bicyclic) bond motifs is 1. The number of likely N-dealkylation sites (tertiary alicyclic amines) is 1. The van der Waals surface area contributed by atoms with Crippen molar-refractivity contribution in [2.24, 2.45) is 5.92 Å². The van der Waals surface area contributed by atoms with Crippen LogP contribution in [0, 0.1) is 19.8 Å². The number of anilines is 1. The number of piperidine rings is 1. The fraction of sp³-hybridized carbons (Fsp3) is 0.517. The minimum Gasteiger partial charge on any atom is -0.368 e. The summed E-state index contributed by atoms with van der Waals surface area (Å²) in [5.41, 5.74) is 6.25. The molecule has 0 aliphatic carbocycles. The SMILES string of the molecule is Cc1cccc(N2CCN(C(=O)[C@H]3CCCN(Cc4nc5ccccc5n4C(C)C)C3)CC2)c1C. The van der Waals surface area contributed by atoms with Crippen molar-refractivity contribution in [1.29, 1.82) is 0 Å². The van der Waals surface area contributed by atoms with Gasteiger partial charge < -0.3 is 14.4 Å². The van der Waals surface area contributed by atoms with Gasteiger partial charge in [-0.15, -0.1) is 0 Å². The van der Waals surface area contributed by atoms with Gasteiger partial charge in [0.2, 0.25) is 5.91 Å². The highest BCUT2D eigenvalue weighted by atomic mass is 16.2. The van der Waals surface area contributed by atoms with Crippen molar-refractivity contribution < 1.29 is 4.79 Å². The molecule has 0 N–H and O–H groups in total. The van der Waals surface area contributed by atoms with E-state index in [-0.39, 0.29) is 5.92 Å². The normalized spacial score (nSPS) is 19.6. The first-order valence-electron chi connectivity index (χ1n) is 13.2. The van der Waals surface area contributed by atoms with Gasteiger partial charge in [0.1, 0.15) is 5.82 Å². The average Bonchev–Trinajstić information content (AvgIpc) is 3.23. The Balaban J connectivity index is 1.22. The van der Waals surface area contributed by atoms with Crippen LogP contribution in [0.2, 0.25) is 0 Å². The molecule has 2 saturated heterocycles. The van der Waals surface area contributed by atoms with E-state index in [2.05, 4.69) is 89.4 Å². The number of carbonyl (C=O) groups excluding carboxylic acids is 1. The van der Waals surface area contributed by atoms with E-state index in [0.717, 1.165) is 70.0 Å². The summed E-state index contributed by atoms with van der Waals surface area (Å²) in [6, 6.07) is 15.3. The van der Waals surface area contributed by atoms with Crippen LogP contribution in [0.1, 0.15) is 49.7 Å². The summed E-state index contributed by atoms with van der Waals surface area (Å²) in [5, 5.41) is 0. The van der Waals surface area contributed by atoms with Gasteiger partial charge in [-0.1, -0.05) is 24.3 Å². The van der Waals surface area contributed by atoms with Crippen molar-refractivity contribution in [3.63, 3.8) is 0 Å². The maximum atomic E-state index is 13.5. The Morgan fingerprint density at radius 3 is 2.54 bits per heavy atom. The molecule has 2 aromatic carbocycles. The van der Waals surface area contributed by atoms with Gasteiger partial charge in [0.25, 0.3) is 0 Å². The second-order valence-corrected chi connectivity index (χ2v) is 10.6. The van der Waals surface area contributed by atoms with Gasteiger partial charge in [0.15, 0.2) is 0 Å². The fourth-order valence-corrected chi connectivity index (χ4v) is 5.89. The maximum absolute atomic E-state index is 13.5. The van der Waals surface area contributed by atoms with Crippen LogP contribution >= 0.6 is 0 Å². The number of hydrogen-bond donors (Lipinski definition) is 0. The molecule has 0 bridgehead atoms. The lowest BCUT2D eigenvalue weighted by molar-refractivity contribution is -0.137. The topological polar surface area (TPSA) is 44.6 Å². The number of para-hydroxylation sites is 2. The van der Waals surface area contributed by atoms with Gasteiger partial charge in [-0.25, -0.2) is 4.98 Å². The van der Waals surface area contributed by atoms with E-state index in [4.69, 9.17) is 4.98 Å². The highest BCUT2D eigenvalue weighted by Gasteiger charge is 2.32. The van der Waals surface area contributed by atoms with Crippen molar-refractivity contribution in [3.8, 4) is 0 Å². The van der Waals surface area contributed by atoms with E-state index in [1.807, 2.05) is 0 Å². The number of carbonyl (C=O) groups is 1. The van der Waals surface area contributed by atoms with Gasteiger partial charge in [-0.2, -0.15) is 0 Å². The van der Waals surface area contributed by atoms with Crippen LogP contribution in [0.15, 0.2) is 42.5 Å². The zero-order chi connectivity index (χ0) is 24.5. The Labute approximate surface area is 209 Å². The van der Waals surface area contributed by atoms with Gasteiger partial charge in [0, 0.05) is 44.5 Å². The zero-order valence-electron chi connectivity index (χ0n) is 21.7. The molecule has 186 valence electrons. The summed E-state index contributed by atoms with van der Waals surface area (Å²) in [4.78, 5) is 25.4. The highest BCUT2D eigenvalue weighted by Crippen LogP contribution is 2.27. The third-order valence-corrected chi connectivity index (χ3v) is 7.91. The number of piperazine rings is 1. The van der Waals surface area contributed by atoms with Crippen molar-refractivity contribution >= 4 is 22.6 Å². The summed E-state index contributed by atoms with van der Waals surface area (Å²) < 4.78 is 2.35. The lowest BCUT2D eigenvalue weighted by Crippen LogP contribution is -2.52. The number of nitrogens with zero attached hydrogens (tertiary/aromatic N) is 5. The highest BCUT2D eigenvalue weighted by molar-refractivity contribution is 5.79. The van der Waals surface area contributed by atoms with Crippen molar-refractivity contribution in [2.75, 3.05) is 44.2 Å². The molecule has 6 nitrogen and oxygen atoms in total. The van der Waals surface area contributed by atoms with Crippen LogP contribution in [-0.2, 0) is 11.3 Å². The van der Waals surface area contributed by atoms with E-state index < -0.39 is 0 Å². The number of benzene rings is 2.